The van der Waals surface area contributed by atoms with E-state index in [0.717, 1.165) is 4.90 Å². The lowest BCUT2D eigenvalue weighted by Crippen LogP contribution is -2.63. The number of aliphatic hydroxyl groups excluding tert-OH is 1. The van der Waals surface area contributed by atoms with Gasteiger partial charge in [-0.1, -0.05) is 6.07 Å². The first-order valence-electron chi connectivity index (χ1n) is 10.1. The number of nitrogens with zero attached hydrogens (tertiary/aromatic N) is 1. The molecule has 10 heteroatoms. The Morgan fingerprint density at radius 1 is 1.22 bits per heavy atom. The highest BCUT2D eigenvalue weighted by atomic mass is 19.1. The van der Waals surface area contributed by atoms with Crippen LogP contribution >= 0.6 is 0 Å². The number of imide groups is 1. The molecule has 2 aliphatic rings. The van der Waals surface area contributed by atoms with Crippen LogP contribution in [-0.2, 0) is 22.7 Å². The summed E-state index contributed by atoms with van der Waals surface area (Å²) in [7, 11) is 0. The van der Waals surface area contributed by atoms with Crippen molar-refractivity contribution in [2.45, 2.75) is 31.7 Å². The average molecular weight is 443 g/mol. The van der Waals surface area contributed by atoms with Crippen molar-refractivity contribution in [1.29, 1.82) is 0 Å². The molecule has 1 unspecified atom stereocenters. The molecule has 168 valence electrons. The Labute approximate surface area is 182 Å². The van der Waals surface area contributed by atoms with E-state index in [9.17, 15) is 23.9 Å². The molecule has 32 heavy (non-hydrogen) atoms. The molecule has 2 heterocycles. The fourth-order valence-electron chi connectivity index (χ4n) is 3.88. The molecule has 1 saturated heterocycles. The number of carbonyl (C=O) groups excluding carboxylic acids is 3. The van der Waals surface area contributed by atoms with Gasteiger partial charge < -0.3 is 20.3 Å². The van der Waals surface area contributed by atoms with E-state index < -0.39 is 29.3 Å². The monoisotopic (exact) mass is 443 g/mol. The Morgan fingerprint density at radius 2 is 2.03 bits per heavy atom. The summed E-state index contributed by atoms with van der Waals surface area (Å²) in [6.07, 6.45) is -0.270. The first-order valence-corrected chi connectivity index (χ1v) is 10.1. The summed E-state index contributed by atoms with van der Waals surface area (Å²) < 4.78 is 19.6. The SMILES string of the molecule is O=C1CCC(O)(N2Cc3c(NCc4cc(OCCO)ccc4F)cccc3C2=O)C(=O)N1. The number of hydrogen-bond donors (Lipinski definition) is 4. The summed E-state index contributed by atoms with van der Waals surface area (Å²) in [4.78, 5) is 37.7. The van der Waals surface area contributed by atoms with E-state index in [4.69, 9.17) is 9.84 Å². The number of piperidine rings is 1. The molecule has 4 rings (SSSR count). The predicted molar refractivity (Wildman–Crippen MR) is 110 cm³/mol. The van der Waals surface area contributed by atoms with Crippen LogP contribution in [0.4, 0.5) is 10.1 Å². The van der Waals surface area contributed by atoms with Gasteiger partial charge in [0.2, 0.25) is 11.6 Å². The maximum Gasteiger partial charge on any atom is 0.279 e. The minimum absolute atomic E-state index is 0.0441. The molecular weight excluding hydrogens is 421 g/mol. The third kappa shape index (κ3) is 3.90. The molecule has 0 bridgehead atoms. The van der Waals surface area contributed by atoms with E-state index in [-0.39, 0.29) is 39.1 Å². The van der Waals surface area contributed by atoms with E-state index in [1.807, 2.05) is 0 Å². The Bertz CT molecular complexity index is 1090. The quantitative estimate of drug-likeness (QED) is 0.468. The van der Waals surface area contributed by atoms with Crippen LogP contribution in [0.2, 0.25) is 0 Å². The Morgan fingerprint density at radius 3 is 2.78 bits per heavy atom. The molecule has 1 fully saturated rings. The highest BCUT2D eigenvalue weighted by Gasteiger charge is 2.51. The van der Waals surface area contributed by atoms with Gasteiger partial charge in [-0.15, -0.1) is 0 Å². The highest BCUT2D eigenvalue weighted by Crippen LogP contribution is 2.36. The number of fused-ring (bicyclic) bond motifs is 1. The maximum atomic E-state index is 14.2. The van der Waals surface area contributed by atoms with Crippen molar-refractivity contribution < 1.29 is 33.7 Å². The minimum Gasteiger partial charge on any atom is -0.491 e. The summed E-state index contributed by atoms with van der Waals surface area (Å²) in [5, 5.41) is 24.9. The lowest BCUT2D eigenvalue weighted by molar-refractivity contribution is -0.167. The second-order valence-corrected chi connectivity index (χ2v) is 7.60. The van der Waals surface area contributed by atoms with Gasteiger partial charge in [0.1, 0.15) is 18.2 Å². The Hall–Kier alpha value is -3.50. The lowest BCUT2D eigenvalue weighted by atomic mass is 10.00. The van der Waals surface area contributed by atoms with Crippen LogP contribution in [0.1, 0.15) is 34.3 Å². The number of rotatable bonds is 7. The van der Waals surface area contributed by atoms with E-state index in [2.05, 4.69) is 10.6 Å². The standard InChI is InChI=1S/C22H22FN3O6/c23-17-5-4-14(32-9-8-27)10-13(17)11-24-18-3-1-2-15-16(18)12-26(20(15)29)22(31)7-6-19(28)25-21(22)30/h1-5,10,24,27,31H,6-9,11-12H2,(H,25,28,30). The number of halogens is 1. The third-order valence-electron chi connectivity index (χ3n) is 5.58. The second kappa shape index (κ2) is 8.56. The van der Waals surface area contributed by atoms with Crippen LogP contribution in [0, 0.1) is 5.82 Å². The number of hydrogen-bond acceptors (Lipinski definition) is 7. The van der Waals surface area contributed by atoms with Crippen molar-refractivity contribution in [3.8, 4) is 5.75 Å². The zero-order chi connectivity index (χ0) is 22.9. The summed E-state index contributed by atoms with van der Waals surface area (Å²) in [5.74, 6) is -1.99. The molecule has 1 atom stereocenters. The van der Waals surface area contributed by atoms with Gasteiger partial charge >= 0.3 is 0 Å². The maximum absolute atomic E-state index is 14.2. The first-order chi connectivity index (χ1) is 15.3. The smallest absolute Gasteiger partial charge is 0.279 e. The van der Waals surface area contributed by atoms with Crippen LogP contribution in [0.3, 0.4) is 0 Å². The van der Waals surface area contributed by atoms with Gasteiger partial charge in [0, 0.05) is 41.8 Å². The molecular formula is C22H22FN3O6. The second-order valence-electron chi connectivity index (χ2n) is 7.60. The van der Waals surface area contributed by atoms with Crippen molar-refractivity contribution in [2.75, 3.05) is 18.5 Å². The average Bonchev–Trinajstić information content (AvgIpc) is 3.13. The number of anilines is 1. The molecule has 0 saturated carbocycles. The molecule has 2 aromatic rings. The van der Waals surface area contributed by atoms with Gasteiger partial charge in [0.25, 0.3) is 11.8 Å². The van der Waals surface area contributed by atoms with Crippen molar-refractivity contribution in [2.24, 2.45) is 0 Å². The fraction of sp³-hybridized carbons (Fsp3) is 0.318. The number of benzene rings is 2. The van der Waals surface area contributed by atoms with Gasteiger partial charge in [-0.25, -0.2) is 4.39 Å². The van der Waals surface area contributed by atoms with Crippen LogP contribution in [0.5, 0.6) is 5.75 Å². The number of ether oxygens (including phenoxy) is 1. The third-order valence-corrected chi connectivity index (χ3v) is 5.58. The van der Waals surface area contributed by atoms with Gasteiger partial charge in [-0.2, -0.15) is 0 Å². The van der Waals surface area contributed by atoms with E-state index in [0.29, 0.717) is 28.1 Å². The van der Waals surface area contributed by atoms with E-state index in [1.165, 1.54) is 18.2 Å². The van der Waals surface area contributed by atoms with Gasteiger partial charge in [0.15, 0.2) is 0 Å². The molecule has 0 aliphatic carbocycles. The van der Waals surface area contributed by atoms with Crippen molar-refractivity contribution >= 4 is 23.4 Å². The summed E-state index contributed by atoms with van der Waals surface area (Å²) in [6, 6.07) is 9.20. The fourth-order valence-corrected chi connectivity index (χ4v) is 3.88. The summed E-state index contributed by atoms with van der Waals surface area (Å²) in [6.45, 7) is -0.0292. The molecule has 9 nitrogen and oxygen atoms in total. The molecule has 3 amide bonds. The van der Waals surface area contributed by atoms with Crippen LogP contribution in [-0.4, -0.2) is 51.8 Å². The van der Waals surface area contributed by atoms with Crippen LogP contribution in [0.25, 0.3) is 0 Å². The zero-order valence-electron chi connectivity index (χ0n) is 17.1. The van der Waals surface area contributed by atoms with Crippen molar-refractivity contribution in [3.63, 3.8) is 0 Å². The Balaban J connectivity index is 1.54. The van der Waals surface area contributed by atoms with Gasteiger partial charge in [-0.05, 0) is 30.3 Å². The van der Waals surface area contributed by atoms with Gasteiger partial charge in [0.05, 0.1) is 13.2 Å². The lowest BCUT2D eigenvalue weighted by Gasteiger charge is -2.37. The number of nitrogens with one attached hydrogen (secondary N) is 2. The van der Waals surface area contributed by atoms with Gasteiger partial charge in [-0.3, -0.25) is 24.6 Å². The molecule has 0 aromatic heterocycles. The molecule has 2 aliphatic heterocycles. The molecule has 2 aromatic carbocycles. The highest BCUT2D eigenvalue weighted by molar-refractivity contribution is 6.07. The topological polar surface area (TPSA) is 128 Å². The zero-order valence-corrected chi connectivity index (χ0v) is 17.1. The van der Waals surface area contributed by atoms with Crippen molar-refractivity contribution in [3.05, 3.63) is 58.9 Å². The van der Waals surface area contributed by atoms with Crippen LogP contribution < -0.4 is 15.4 Å². The predicted octanol–water partition coefficient (Wildman–Crippen LogP) is 0.890. The number of carbonyl (C=O) groups is 3. The summed E-state index contributed by atoms with van der Waals surface area (Å²) >= 11 is 0. The minimum atomic E-state index is -2.12. The van der Waals surface area contributed by atoms with Crippen LogP contribution in [0.15, 0.2) is 36.4 Å². The number of aliphatic hydroxyl groups is 2. The molecule has 0 spiro atoms. The van der Waals surface area contributed by atoms with Crippen molar-refractivity contribution in [1.82, 2.24) is 10.2 Å². The Kier molecular flexibility index (Phi) is 5.81. The normalized spacial score (nSPS) is 20.2. The van der Waals surface area contributed by atoms with E-state index in [1.54, 1.807) is 18.2 Å². The van der Waals surface area contributed by atoms with E-state index >= 15 is 0 Å². The first kappa shape index (κ1) is 21.7. The molecule has 0 radical (unpaired) electrons. The molecule has 4 N–H and O–H groups in total. The largest absolute Gasteiger partial charge is 0.491 e. The summed E-state index contributed by atoms with van der Waals surface area (Å²) in [5.41, 5.74) is -0.373. The number of amides is 3.